The molecule has 0 radical (unpaired) electrons. The first-order chi connectivity index (χ1) is 8.56. The third kappa shape index (κ3) is 5.85. The number of benzene rings is 1. The van der Waals surface area contributed by atoms with Crippen LogP contribution in [-0.2, 0) is 21.7 Å². The number of nitrogens with two attached hydrogens (primary N) is 1. The van der Waals surface area contributed by atoms with Crippen LogP contribution < -0.4 is 10.5 Å². The topological polar surface area (TPSA) is 85.4 Å². The Balaban J connectivity index is 0.00000324. The van der Waals surface area contributed by atoms with Gasteiger partial charge < -0.3 is 15.2 Å². The van der Waals surface area contributed by atoms with E-state index in [2.05, 4.69) is 4.74 Å². The van der Waals surface area contributed by atoms with E-state index in [1.165, 1.54) is 18.9 Å². The minimum Gasteiger partial charge on any atom is -0.496 e. The average molecular weight is 305 g/mol. The number of hydrogen-bond donors (Lipinski definition) is 2. The van der Waals surface area contributed by atoms with Crippen molar-refractivity contribution in [2.75, 3.05) is 14.2 Å². The Morgan fingerprint density at radius 2 is 2.11 bits per heavy atom. The molecule has 0 heterocycles. The van der Waals surface area contributed by atoms with Gasteiger partial charge in [-0.2, -0.15) is 0 Å². The molecular weight excluding hydrogens is 288 g/mol. The summed E-state index contributed by atoms with van der Waals surface area (Å²) in [6, 6.07) is 5.48. The number of ether oxygens (including phenoxy) is 2. The van der Waals surface area contributed by atoms with Crippen LogP contribution in [0.15, 0.2) is 18.2 Å². The zero-order chi connectivity index (χ0) is 13.5. The summed E-state index contributed by atoms with van der Waals surface area (Å²) in [6.07, 6.45) is 0.220. The second-order valence-corrected chi connectivity index (χ2v) is 4.57. The Hall–Kier alpha value is -1.40. The number of halogens is 1. The van der Waals surface area contributed by atoms with Gasteiger partial charge in [-0.3, -0.25) is 10.2 Å². The summed E-state index contributed by atoms with van der Waals surface area (Å²) in [4.78, 5) is 11.2. The monoisotopic (exact) mass is 304 g/mol. The maximum absolute atomic E-state index is 11.2. The van der Waals surface area contributed by atoms with E-state index in [-0.39, 0.29) is 30.0 Å². The second-order valence-electron chi connectivity index (χ2n) is 3.55. The van der Waals surface area contributed by atoms with Crippen LogP contribution in [0.1, 0.15) is 11.1 Å². The van der Waals surface area contributed by atoms with Crippen molar-refractivity contribution in [2.24, 2.45) is 5.73 Å². The highest BCUT2D eigenvalue weighted by Crippen LogP contribution is 2.24. The van der Waals surface area contributed by atoms with Crippen molar-refractivity contribution in [3.8, 4) is 5.75 Å². The summed E-state index contributed by atoms with van der Waals surface area (Å²) in [5, 5.41) is 7.24. The molecule has 0 fully saturated rings. The van der Waals surface area contributed by atoms with Gasteiger partial charge in [0.15, 0.2) is 5.17 Å². The Kier molecular flexibility index (Phi) is 8.02. The summed E-state index contributed by atoms with van der Waals surface area (Å²) in [6.45, 7) is 0. The molecule has 0 saturated carbocycles. The molecule has 0 spiro atoms. The Labute approximate surface area is 122 Å². The third-order valence-electron chi connectivity index (χ3n) is 2.30. The molecule has 0 bridgehead atoms. The maximum Gasteiger partial charge on any atom is 0.309 e. The molecule has 3 N–H and O–H groups in total. The molecule has 19 heavy (non-hydrogen) atoms. The quantitative estimate of drug-likeness (QED) is 0.493. The highest BCUT2D eigenvalue weighted by atomic mass is 35.5. The summed E-state index contributed by atoms with van der Waals surface area (Å²) in [5.41, 5.74) is 7.05. The summed E-state index contributed by atoms with van der Waals surface area (Å²) < 4.78 is 9.84. The van der Waals surface area contributed by atoms with Gasteiger partial charge in [-0.1, -0.05) is 23.9 Å². The first-order valence-corrected chi connectivity index (χ1v) is 6.24. The molecule has 0 aliphatic heterocycles. The maximum atomic E-state index is 11.2. The lowest BCUT2D eigenvalue weighted by Crippen LogP contribution is -2.06. The number of amidine groups is 1. The van der Waals surface area contributed by atoms with Crippen molar-refractivity contribution < 1.29 is 14.3 Å². The molecule has 0 aromatic heterocycles. The normalized spacial score (nSPS) is 9.37. The highest BCUT2D eigenvalue weighted by molar-refractivity contribution is 8.13. The van der Waals surface area contributed by atoms with Crippen LogP contribution in [0.3, 0.4) is 0 Å². The zero-order valence-electron chi connectivity index (χ0n) is 10.8. The number of carbonyl (C=O) groups excluding carboxylic acids is 1. The number of methoxy groups -OCH3 is 2. The number of nitrogens with one attached hydrogen (secondary N) is 1. The van der Waals surface area contributed by atoms with E-state index in [1.807, 2.05) is 12.1 Å². The summed E-state index contributed by atoms with van der Waals surface area (Å²) >= 11 is 1.21. The molecule has 1 rings (SSSR count). The number of esters is 1. The van der Waals surface area contributed by atoms with Crippen molar-refractivity contribution in [1.82, 2.24) is 0 Å². The van der Waals surface area contributed by atoms with Crippen molar-refractivity contribution in [3.63, 3.8) is 0 Å². The molecular formula is C12H17ClN2O3S. The van der Waals surface area contributed by atoms with E-state index < -0.39 is 0 Å². The molecule has 0 aliphatic rings. The minimum absolute atomic E-state index is 0. The fourth-order valence-electron chi connectivity index (χ4n) is 1.45. The van der Waals surface area contributed by atoms with E-state index in [0.29, 0.717) is 5.75 Å². The van der Waals surface area contributed by atoms with Gasteiger partial charge in [-0.05, 0) is 11.6 Å². The Morgan fingerprint density at radius 3 is 2.63 bits per heavy atom. The van der Waals surface area contributed by atoms with Crippen LogP contribution in [0, 0.1) is 5.41 Å². The third-order valence-corrected chi connectivity index (χ3v) is 3.07. The molecule has 0 unspecified atom stereocenters. The largest absolute Gasteiger partial charge is 0.496 e. The van der Waals surface area contributed by atoms with E-state index in [4.69, 9.17) is 15.9 Å². The molecule has 1 aromatic carbocycles. The Bertz CT molecular complexity index is 455. The number of thioether (sulfide) groups is 1. The van der Waals surface area contributed by atoms with Crippen molar-refractivity contribution in [3.05, 3.63) is 29.3 Å². The van der Waals surface area contributed by atoms with Crippen LogP contribution in [0.25, 0.3) is 0 Å². The van der Waals surface area contributed by atoms with E-state index in [0.717, 1.165) is 16.9 Å². The molecule has 0 aliphatic carbocycles. The smallest absolute Gasteiger partial charge is 0.309 e. The van der Waals surface area contributed by atoms with Gasteiger partial charge >= 0.3 is 5.97 Å². The van der Waals surface area contributed by atoms with Gasteiger partial charge in [0.1, 0.15) is 5.75 Å². The minimum atomic E-state index is -0.287. The van der Waals surface area contributed by atoms with Crippen LogP contribution in [0.5, 0.6) is 5.75 Å². The van der Waals surface area contributed by atoms with Gasteiger partial charge in [0.05, 0.1) is 20.6 Å². The predicted molar refractivity (Wildman–Crippen MR) is 79.2 cm³/mol. The van der Waals surface area contributed by atoms with Gasteiger partial charge in [-0.15, -0.1) is 12.4 Å². The summed E-state index contributed by atoms with van der Waals surface area (Å²) in [5.74, 6) is 0.968. The van der Waals surface area contributed by atoms with E-state index in [1.54, 1.807) is 13.2 Å². The first-order valence-electron chi connectivity index (χ1n) is 5.26. The fraction of sp³-hybridized carbons (Fsp3) is 0.333. The van der Waals surface area contributed by atoms with Gasteiger partial charge in [0, 0.05) is 11.3 Å². The number of carbonyl (C=O) groups is 1. The fourth-order valence-corrected chi connectivity index (χ4v) is 1.99. The van der Waals surface area contributed by atoms with E-state index in [9.17, 15) is 4.79 Å². The molecule has 0 atom stereocenters. The van der Waals surface area contributed by atoms with Crippen LogP contribution in [-0.4, -0.2) is 25.4 Å². The average Bonchev–Trinajstić information content (AvgIpc) is 2.36. The van der Waals surface area contributed by atoms with Crippen molar-refractivity contribution in [2.45, 2.75) is 12.2 Å². The molecule has 1 aromatic rings. The standard InChI is InChI=1S/C12H16N2O3S.ClH/c1-16-10-4-3-8(6-11(15)17-2)5-9(10)7-18-12(13)14;/h3-5H,6-7H2,1-2H3,(H3,13,14);1H. The lowest BCUT2D eigenvalue weighted by Gasteiger charge is -2.10. The van der Waals surface area contributed by atoms with Gasteiger partial charge in [0.25, 0.3) is 0 Å². The summed E-state index contributed by atoms with van der Waals surface area (Å²) in [7, 11) is 2.94. The second kappa shape index (κ2) is 8.66. The van der Waals surface area contributed by atoms with Crippen LogP contribution in [0.2, 0.25) is 0 Å². The Morgan fingerprint density at radius 1 is 1.42 bits per heavy atom. The van der Waals surface area contributed by atoms with Gasteiger partial charge in [-0.25, -0.2) is 0 Å². The SMILES string of the molecule is COC(=O)Cc1ccc(OC)c(CSC(=N)N)c1.Cl. The molecule has 0 saturated heterocycles. The van der Waals surface area contributed by atoms with Crippen LogP contribution >= 0.6 is 24.2 Å². The first kappa shape index (κ1) is 17.6. The predicted octanol–water partition coefficient (Wildman–Crippen LogP) is 1.96. The van der Waals surface area contributed by atoms with Crippen molar-refractivity contribution in [1.29, 1.82) is 5.41 Å². The molecule has 5 nitrogen and oxygen atoms in total. The van der Waals surface area contributed by atoms with Gasteiger partial charge in [0.2, 0.25) is 0 Å². The van der Waals surface area contributed by atoms with E-state index >= 15 is 0 Å². The number of rotatable bonds is 5. The lowest BCUT2D eigenvalue weighted by atomic mass is 10.1. The number of hydrogen-bond acceptors (Lipinski definition) is 5. The van der Waals surface area contributed by atoms with Crippen molar-refractivity contribution >= 4 is 35.3 Å². The highest BCUT2D eigenvalue weighted by Gasteiger charge is 2.08. The molecule has 106 valence electrons. The molecule has 7 heteroatoms. The lowest BCUT2D eigenvalue weighted by molar-refractivity contribution is -0.139. The van der Waals surface area contributed by atoms with Crippen LogP contribution in [0.4, 0.5) is 0 Å². The molecule has 0 amide bonds. The zero-order valence-corrected chi connectivity index (χ0v) is 12.4.